The number of ether oxygens (including phenoxy) is 1. The van der Waals surface area contributed by atoms with Crippen LogP contribution in [0.15, 0.2) is 65.8 Å². The SMILES string of the molecule is CC(=O)N(CCCCN(Sc1cccc(Cl)c1C)C(C)c1cccc(-c2ccncc2C)c1)CCC(=O)OC(C)(C)C. The Balaban J connectivity index is 1.72. The van der Waals surface area contributed by atoms with Gasteiger partial charge in [0.05, 0.1) is 6.42 Å². The van der Waals surface area contributed by atoms with E-state index in [1.807, 2.05) is 45.3 Å². The molecule has 1 heterocycles. The molecule has 0 spiro atoms. The normalized spacial score (nSPS) is 12.3. The van der Waals surface area contributed by atoms with E-state index in [9.17, 15) is 9.59 Å². The third kappa shape index (κ3) is 10.1. The molecule has 2 aromatic carbocycles. The summed E-state index contributed by atoms with van der Waals surface area (Å²) in [7, 11) is 0. The van der Waals surface area contributed by atoms with Gasteiger partial charge in [-0.05, 0) is 118 Å². The number of rotatable bonds is 13. The maximum atomic E-state index is 12.3. The number of benzene rings is 2. The van der Waals surface area contributed by atoms with E-state index in [0.29, 0.717) is 13.1 Å². The molecule has 6 nitrogen and oxygen atoms in total. The molecule has 0 saturated carbocycles. The standard InChI is InChI=1S/C34H44ClN3O3S/c1-24-23-36-18-16-30(24)29-13-10-12-28(22-29)26(3)38(42-32-15-11-14-31(35)25(32)2)20-9-8-19-37(27(4)39)21-17-33(40)41-34(5,6)7/h10-16,18,22-23,26H,8-9,17,19-21H2,1-7H3. The van der Waals surface area contributed by atoms with Crippen molar-refractivity contribution in [2.45, 2.75) is 84.3 Å². The molecule has 0 aliphatic carbocycles. The van der Waals surface area contributed by atoms with E-state index in [2.05, 4.69) is 66.5 Å². The van der Waals surface area contributed by atoms with E-state index in [1.165, 1.54) is 16.7 Å². The first-order valence-electron chi connectivity index (χ1n) is 14.5. The summed E-state index contributed by atoms with van der Waals surface area (Å²) >= 11 is 8.19. The number of nitrogens with zero attached hydrogens (tertiary/aromatic N) is 3. The van der Waals surface area contributed by atoms with Gasteiger partial charge in [0.25, 0.3) is 0 Å². The molecule has 3 rings (SSSR count). The minimum atomic E-state index is -0.534. The molecule has 0 bridgehead atoms. The number of hydrogen-bond acceptors (Lipinski definition) is 6. The molecule has 0 N–H and O–H groups in total. The summed E-state index contributed by atoms with van der Waals surface area (Å²) in [4.78, 5) is 31.6. The molecule has 1 aromatic heterocycles. The molecular weight excluding hydrogens is 566 g/mol. The Kier molecular flexibility index (Phi) is 12.5. The smallest absolute Gasteiger partial charge is 0.308 e. The molecule has 0 aliphatic rings. The number of aromatic nitrogens is 1. The number of aryl methyl sites for hydroxylation is 1. The minimum absolute atomic E-state index is 0.0315. The molecule has 42 heavy (non-hydrogen) atoms. The van der Waals surface area contributed by atoms with Crippen LogP contribution in [0.1, 0.15) is 76.6 Å². The van der Waals surface area contributed by atoms with Crippen LogP contribution in [0.5, 0.6) is 0 Å². The van der Waals surface area contributed by atoms with E-state index in [0.717, 1.165) is 40.4 Å². The first-order valence-corrected chi connectivity index (χ1v) is 15.7. The molecular formula is C34H44ClN3O3S. The van der Waals surface area contributed by atoms with Crippen LogP contribution in [0.3, 0.4) is 0 Å². The van der Waals surface area contributed by atoms with Crippen molar-refractivity contribution in [1.29, 1.82) is 0 Å². The van der Waals surface area contributed by atoms with Crippen molar-refractivity contribution in [3.05, 3.63) is 82.6 Å². The van der Waals surface area contributed by atoms with Crippen molar-refractivity contribution in [2.24, 2.45) is 0 Å². The van der Waals surface area contributed by atoms with E-state index in [-0.39, 0.29) is 24.3 Å². The summed E-state index contributed by atoms with van der Waals surface area (Å²) in [6, 6.07) is 16.9. The van der Waals surface area contributed by atoms with E-state index < -0.39 is 5.60 Å². The predicted octanol–water partition coefficient (Wildman–Crippen LogP) is 8.45. The number of hydrogen-bond donors (Lipinski definition) is 0. The van der Waals surface area contributed by atoms with Gasteiger partial charge in [-0.1, -0.05) is 35.9 Å². The fourth-order valence-electron chi connectivity index (χ4n) is 4.68. The van der Waals surface area contributed by atoms with Crippen molar-refractivity contribution >= 4 is 35.4 Å². The second-order valence-electron chi connectivity index (χ2n) is 11.6. The summed E-state index contributed by atoms with van der Waals surface area (Å²) in [5.74, 6) is -0.317. The lowest BCUT2D eigenvalue weighted by molar-refractivity contribution is -0.155. The number of unbranched alkanes of at least 4 members (excludes halogenated alkanes) is 1. The average Bonchev–Trinajstić information content (AvgIpc) is 2.93. The Labute approximate surface area is 260 Å². The Morgan fingerprint density at radius 1 is 1.02 bits per heavy atom. The number of halogens is 1. The van der Waals surface area contributed by atoms with E-state index >= 15 is 0 Å². The van der Waals surface area contributed by atoms with Crippen molar-refractivity contribution < 1.29 is 14.3 Å². The molecule has 1 unspecified atom stereocenters. The Morgan fingerprint density at radius 3 is 2.43 bits per heavy atom. The number of pyridine rings is 1. The second-order valence-corrected chi connectivity index (χ2v) is 13.1. The van der Waals surface area contributed by atoms with Crippen molar-refractivity contribution in [3.63, 3.8) is 0 Å². The van der Waals surface area contributed by atoms with Gasteiger partial charge in [-0.25, -0.2) is 4.31 Å². The van der Waals surface area contributed by atoms with Crippen molar-refractivity contribution in [3.8, 4) is 11.1 Å². The number of carbonyl (C=O) groups is 2. The fourth-order valence-corrected chi connectivity index (χ4v) is 6.05. The maximum absolute atomic E-state index is 12.3. The van der Waals surface area contributed by atoms with Gasteiger partial charge in [-0.2, -0.15) is 0 Å². The maximum Gasteiger partial charge on any atom is 0.308 e. The van der Waals surface area contributed by atoms with Crippen LogP contribution < -0.4 is 0 Å². The summed E-state index contributed by atoms with van der Waals surface area (Å²) < 4.78 is 7.81. The second kappa shape index (κ2) is 15.6. The number of amides is 1. The third-order valence-electron chi connectivity index (χ3n) is 7.07. The van der Waals surface area contributed by atoms with Crippen LogP contribution in [-0.4, -0.2) is 51.3 Å². The lowest BCUT2D eigenvalue weighted by Gasteiger charge is -2.30. The molecule has 0 saturated heterocycles. The Morgan fingerprint density at radius 2 is 1.74 bits per heavy atom. The van der Waals surface area contributed by atoms with Gasteiger partial charge in [0.1, 0.15) is 5.60 Å². The zero-order valence-electron chi connectivity index (χ0n) is 25.9. The van der Waals surface area contributed by atoms with Crippen LogP contribution >= 0.6 is 23.5 Å². The summed E-state index contributed by atoms with van der Waals surface area (Å²) in [6.45, 7) is 15.2. The van der Waals surface area contributed by atoms with E-state index in [1.54, 1.807) is 23.8 Å². The molecule has 1 atom stereocenters. The summed E-state index contributed by atoms with van der Waals surface area (Å²) in [6.07, 6.45) is 5.63. The first kappa shape index (κ1) is 33.6. The largest absolute Gasteiger partial charge is 0.460 e. The van der Waals surface area contributed by atoms with Gasteiger partial charge < -0.3 is 9.64 Å². The molecule has 8 heteroatoms. The van der Waals surface area contributed by atoms with Crippen LogP contribution in [-0.2, 0) is 14.3 Å². The highest BCUT2D eigenvalue weighted by atomic mass is 35.5. The minimum Gasteiger partial charge on any atom is -0.460 e. The van der Waals surface area contributed by atoms with Crippen molar-refractivity contribution in [1.82, 2.24) is 14.2 Å². The molecule has 3 aromatic rings. The van der Waals surface area contributed by atoms with Gasteiger partial charge in [-0.15, -0.1) is 0 Å². The average molecular weight is 610 g/mol. The van der Waals surface area contributed by atoms with Crippen LogP contribution in [0.4, 0.5) is 0 Å². The zero-order valence-corrected chi connectivity index (χ0v) is 27.5. The summed E-state index contributed by atoms with van der Waals surface area (Å²) in [5.41, 5.74) is 5.24. The topological polar surface area (TPSA) is 62.7 Å². The van der Waals surface area contributed by atoms with Gasteiger partial charge in [0.2, 0.25) is 5.91 Å². The van der Waals surface area contributed by atoms with Crippen LogP contribution in [0.25, 0.3) is 11.1 Å². The molecule has 0 radical (unpaired) electrons. The highest BCUT2D eigenvalue weighted by Crippen LogP contribution is 2.37. The van der Waals surface area contributed by atoms with Gasteiger partial charge >= 0.3 is 5.97 Å². The lowest BCUT2D eigenvalue weighted by Crippen LogP contribution is -2.34. The fraction of sp³-hybridized carbons (Fsp3) is 0.441. The number of carbonyl (C=O) groups excluding carboxylic acids is 2. The van der Waals surface area contributed by atoms with Crippen molar-refractivity contribution in [2.75, 3.05) is 19.6 Å². The van der Waals surface area contributed by atoms with Gasteiger partial charge in [-0.3, -0.25) is 14.6 Å². The highest BCUT2D eigenvalue weighted by molar-refractivity contribution is 7.97. The zero-order chi connectivity index (χ0) is 30.9. The van der Waals surface area contributed by atoms with Crippen LogP contribution in [0.2, 0.25) is 5.02 Å². The first-order chi connectivity index (χ1) is 19.9. The molecule has 0 fully saturated rings. The molecule has 1 amide bonds. The summed E-state index contributed by atoms with van der Waals surface area (Å²) in [5, 5.41) is 0.754. The Bertz CT molecular complexity index is 1360. The quantitative estimate of drug-likeness (QED) is 0.110. The van der Waals surface area contributed by atoms with Gasteiger partial charge in [0.15, 0.2) is 0 Å². The molecule has 0 aliphatic heterocycles. The lowest BCUT2D eigenvalue weighted by atomic mass is 9.98. The molecule has 226 valence electrons. The predicted molar refractivity (Wildman–Crippen MR) is 174 cm³/mol. The number of esters is 1. The van der Waals surface area contributed by atoms with Crippen LogP contribution in [0, 0.1) is 13.8 Å². The monoisotopic (exact) mass is 609 g/mol. The highest BCUT2D eigenvalue weighted by Gasteiger charge is 2.21. The van der Waals surface area contributed by atoms with E-state index in [4.69, 9.17) is 16.3 Å². The Hall–Kier alpha value is -2.87. The third-order valence-corrected chi connectivity index (χ3v) is 8.86. The van der Waals surface area contributed by atoms with Gasteiger partial charge in [0, 0.05) is 54.9 Å².